The van der Waals surface area contributed by atoms with Gasteiger partial charge in [-0.05, 0) is 60.9 Å². The topological polar surface area (TPSA) is 87.7 Å². The van der Waals surface area contributed by atoms with Gasteiger partial charge in [-0.2, -0.15) is 4.98 Å². The molecule has 2 aliphatic rings. The van der Waals surface area contributed by atoms with Crippen LogP contribution >= 0.6 is 11.3 Å². The average Bonchev–Trinajstić information content (AvgIpc) is 3.34. The van der Waals surface area contributed by atoms with Gasteiger partial charge in [0.05, 0.1) is 5.22 Å². The molecule has 0 radical (unpaired) electrons. The molecule has 148 valence electrons. The van der Waals surface area contributed by atoms with Crippen LogP contribution in [-0.2, 0) is 0 Å². The highest BCUT2D eigenvalue weighted by Gasteiger charge is 2.12. The van der Waals surface area contributed by atoms with Crippen molar-refractivity contribution in [2.45, 2.75) is 26.7 Å². The van der Waals surface area contributed by atoms with E-state index in [9.17, 15) is 9.18 Å². The third-order valence-electron chi connectivity index (χ3n) is 4.72. The third-order valence-corrected chi connectivity index (χ3v) is 5.76. The molecule has 2 aliphatic heterocycles. The fraction of sp³-hybridized carbons (Fsp3) is 0.190. The Labute approximate surface area is 169 Å². The lowest BCUT2D eigenvalue weighted by molar-refractivity contribution is 0.570. The largest absolute Gasteiger partial charge is 0.457 e. The Balaban J connectivity index is 1.84. The number of hydrogen-bond acceptors (Lipinski definition) is 5. The first-order valence-corrected chi connectivity index (χ1v) is 10.1. The summed E-state index contributed by atoms with van der Waals surface area (Å²) in [5.41, 5.74) is 1.48. The Morgan fingerprint density at radius 3 is 2.66 bits per heavy atom. The quantitative estimate of drug-likeness (QED) is 0.542. The van der Waals surface area contributed by atoms with E-state index in [0.717, 1.165) is 23.1 Å². The van der Waals surface area contributed by atoms with Crippen LogP contribution in [0.1, 0.15) is 32.4 Å². The van der Waals surface area contributed by atoms with E-state index < -0.39 is 5.56 Å². The Bertz CT molecular complexity index is 1370. The van der Waals surface area contributed by atoms with E-state index in [4.69, 9.17) is 9.83 Å². The molecule has 2 aromatic rings. The van der Waals surface area contributed by atoms with Gasteiger partial charge < -0.3 is 4.42 Å². The first kappa shape index (κ1) is 19.1. The van der Waals surface area contributed by atoms with Crippen LogP contribution in [-0.4, -0.2) is 14.8 Å². The van der Waals surface area contributed by atoms with Gasteiger partial charge in [-0.25, -0.2) is 9.07 Å². The number of aromatic nitrogens is 3. The van der Waals surface area contributed by atoms with Crippen molar-refractivity contribution >= 4 is 23.0 Å². The van der Waals surface area contributed by atoms with E-state index >= 15 is 0 Å². The maximum absolute atomic E-state index is 13.1. The normalized spacial score (nSPS) is 12.0. The molecule has 0 aliphatic carbocycles. The van der Waals surface area contributed by atoms with Crippen molar-refractivity contribution in [3.05, 3.63) is 73.7 Å². The summed E-state index contributed by atoms with van der Waals surface area (Å²) in [7, 11) is 0. The third kappa shape index (κ3) is 3.58. The first-order chi connectivity index (χ1) is 14.0. The number of rotatable bonds is 4. The lowest BCUT2D eigenvalue weighted by Crippen LogP contribution is -2.47. The fourth-order valence-electron chi connectivity index (χ4n) is 3.10. The Kier molecular flexibility index (Phi) is 5.02. The van der Waals surface area contributed by atoms with Crippen molar-refractivity contribution in [1.82, 2.24) is 14.8 Å². The van der Waals surface area contributed by atoms with Gasteiger partial charge in [0.2, 0.25) is 5.13 Å². The molecular weight excluding hydrogens is 391 g/mol. The van der Waals surface area contributed by atoms with Gasteiger partial charge >= 0.3 is 0 Å². The summed E-state index contributed by atoms with van der Waals surface area (Å²) in [6.45, 7) is 4.15. The molecule has 0 bridgehead atoms. The average molecular weight is 410 g/mol. The first-order valence-electron chi connectivity index (χ1n) is 9.26. The number of nitrogens with one attached hydrogen (secondary N) is 2. The molecular formula is C21H19FN4O2S. The lowest BCUT2D eigenvalue weighted by Gasteiger charge is -1.99. The molecule has 8 heteroatoms. The summed E-state index contributed by atoms with van der Waals surface area (Å²) < 4.78 is 21.3. The number of hydrogen-bond donors (Lipinski definition) is 2. The van der Waals surface area contributed by atoms with E-state index in [1.165, 1.54) is 39.8 Å². The monoisotopic (exact) mass is 410 g/mol. The molecule has 0 unspecified atom stereocenters. The van der Waals surface area contributed by atoms with Gasteiger partial charge in [-0.3, -0.25) is 15.3 Å². The number of fused-ring (bicyclic) bond motifs is 1. The molecule has 0 atom stereocenters. The summed E-state index contributed by atoms with van der Waals surface area (Å²) in [5, 5.41) is 12.2. The van der Waals surface area contributed by atoms with Crippen LogP contribution in [0.2, 0.25) is 0 Å². The zero-order chi connectivity index (χ0) is 20.5. The second-order valence-electron chi connectivity index (χ2n) is 6.50. The smallest absolute Gasteiger partial charge is 0.283 e. The predicted octanol–water partition coefficient (Wildman–Crippen LogP) is 2.74. The van der Waals surface area contributed by atoms with Crippen LogP contribution < -0.4 is 20.9 Å². The van der Waals surface area contributed by atoms with Gasteiger partial charge in [-0.15, -0.1) is 0 Å². The van der Waals surface area contributed by atoms with Gasteiger partial charge in [-0.1, -0.05) is 25.2 Å². The van der Waals surface area contributed by atoms with Gasteiger partial charge in [0.1, 0.15) is 22.0 Å². The number of H-pyrrole nitrogens is 1. The van der Waals surface area contributed by atoms with Crippen molar-refractivity contribution < 1.29 is 8.81 Å². The zero-order valence-corrected chi connectivity index (χ0v) is 16.8. The molecule has 1 aromatic heterocycles. The summed E-state index contributed by atoms with van der Waals surface area (Å²) in [6, 6.07) is 9.39. The highest BCUT2D eigenvalue weighted by molar-refractivity contribution is 7.11. The number of furan rings is 1. The summed E-state index contributed by atoms with van der Waals surface area (Å²) >= 11 is 1.37. The van der Waals surface area contributed by atoms with Crippen LogP contribution in [0.5, 0.6) is 0 Å². The summed E-state index contributed by atoms with van der Waals surface area (Å²) in [6.07, 6.45) is 3.28. The Hall–Kier alpha value is -3.26. The van der Waals surface area contributed by atoms with E-state index in [0.29, 0.717) is 16.7 Å². The maximum Gasteiger partial charge on any atom is 0.283 e. The van der Waals surface area contributed by atoms with Crippen molar-refractivity contribution in [1.29, 1.82) is 5.41 Å². The SMILES string of the molecule is CCC(CC)=c1[nH]n2c(=N)c(=Cc3ccc(-c4ccc(F)cc4)o3)c(=O)nc-2s1. The van der Waals surface area contributed by atoms with Crippen molar-refractivity contribution in [3.8, 4) is 16.5 Å². The fourth-order valence-corrected chi connectivity index (χ4v) is 4.21. The Morgan fingerprint density at radius 1 is 1.24 bits per heavy atom. The van der Waals surface area contributed by atoms with Crippen LogP contribution in [0.25, 0.3) is 28.1 Å². The standard InChI is InChI=1S/C21H19FN4O2S/c1-3-12(4-2)20-25-26-18(23)16(19(27)24-21(26)29-20)11-15-9-10-17(28-15)13-5-7-14(22)8-6-13/h5-11,23,25H,3-4H2,1-2H3. The number of benzene rings is 1. The minimum absolute atomic E-state index is 0.0220. The molecule has 0 fully saturated rings. The second-order valence-corrected chi connectivity index (χ2v) is 7.48. The molecule has 3 heterocycles. The van der Waals surface area contributed by atoms with Gasteiger partial charge in [0.15, 0.2) is 5.49 Å². The zero-order valence-electron chi connectivity index (χ0n) is 16.0. The van der Waals surface area contributed by atoms with Crippen LogP contribution in [0, 0.1) is 11.2 Å². The summed E-state index contributed by atoms with van der Waals surface area (Å²) in [4.78, 5) is 16.6. The molecule has 29 heavy (non-hydrogen) atoms. The van der Waals surface area contributed by atoms with E-state index in [1.54, 1.807) is 24.3 Å². The van der Waals surface area contributed by atoms with Gasteiger partial charge in [0.25, 0.3) is 5.56 Å². The maximum atomic E-state index is 13.1. The number of halogens is 1. The highest BCUT2D eigenvalue weighted by Crippen LogP contribution is 2.22. The van der Waals surface area contributed by atoms with Crippen LogP contribution in [0.4, 0.5) is 4.39 Å². The van der Waals surface area contributed by atoms with Crippen molar-refractivity contribution in [3.63, 3.8) is 0 Å². The lowest BCUT2D eigenvalue weighted by atomic mass is 10.2. The molecule has 4 rings (SSSR count). The summed E-state index contributed by atoms with van der Waals surface area (Å²) in [5.74, 6) is 0.643. The highest BCUT2D eigenvalue weighted by atomic mass is 32.1. The molecule has 2 N–H and O–H groups in total. The van der Waals surface area contributed by atoms with E-state index in [1.807, 2.05) is 0 Å². The molecule has 0 spiro atoms. The molecule has 0 saturated heterocycles. The second kappa shape index (κ2) is 7.63. The van der Waals surface area contributed by atoms with Gasteiger partial charge in [0, 0.05) is 5.56 Å². The minimum Gasteiger partial charge on any atom is -0.457 e. The predicted molar refractivity (Wildman–Crippen MR) is 110 cm³/mol. The number of nitrogens with zero attached hydrogens (tertiary/aromatic N) is 2. The molecule has 0 amide bonds. The van der Waals surface area contributed by atoms with Crippen LogP contribution in [0.3, 0.4) is 0 Å². The molecule has 6 nitrogen and oxygen atoms in total. The molecule has 1 aromatic carbocycles. The molecule has 0 saturated carbocycles. The van der Waals surface area contributed by atoms with Crippen molar-refractivity contribution in [2.24, 2.45) is 0 Å². The Morgan fingerprint density at radius 2 is 1.97 bits per heavy atom. The van der Waals surface area contributed by atoms with Crippen molar-refractivity contribution in [2.75, 3.05) is 0 Å². The van der Waals surface area contributed by atoms with E-state index in [-0.39, 0.29) is 16.5 Å². The van der Waals surface area contributed by atoms with Crippen LogP contribution in [0.15, 0.2) is 45.6 Å². The minimum atomic E-state index is -0.480. The number of aromatic amines is 1. The van der Waals surface area contributed by atoms with E-state index in [2.05, 4.69) is 23.9 Å².